The van der Waals surface area contributed by atoms with E-state index in [0.29, 0.717) is 19.3 Å². The van der Waals surface area contributed by atoms with Crippen LogP contribution in [0.2, 0.25) is 0 Å². The van der Waals surface area contributed by atoms with Crippen molar-refractivity contribution in [2.45, 2.75) is 62.9 Å². The minimum Gasteiger partial charge on any atom is -0.481 e. The molecule has 0 heterocycles. The number of fused-ring (bicyclic) bond motifs is 3. The molecule has 2 aromatic carbocycles. The number of rotatable bonds is 10. The summed E-state index contributed by atoms with van der Waals surface area (Å²) in [6.07, 6.45) is 2.62. The van der Waals surface area contributed by atoms with Gasteiger partial charge in [-0.3, -0.25) is 9.59 Å². The van der Waals surface area contributed by atoms with Gasteiger partial charge in [-0.2, -0.15) is 0 Å². The van der Waals surface area contributed by atoms with Crippen molar-refractivity contribution in [1.29, 1.82) is 0 Å². The van der Waals surface area contributed by atoms with Crippen molar-refractivity contribution in [1.82, 2.24) is 10.6 Å². The Balaban J connectivity index is 1.39. The van der Waals surface area contributed by atoms with Crippen molar-refractivity contribution < 1.29 is 24.2 Å². The number of carboxylic acids is 1. The Hall–Kier alpha value is -3.35. The Morgan fingerprint density at radius 2 is 1.67 bits per heavy atom. The van der Waals surface area contributed by atoms with Gasteiger partial charge in [-0.1, -0.05) is 68.3 Å². The van der Waals surface area contributed by atoms with E-state index in [1.807, 2.05) is 31.2 Å². The Morgan fingerprint density at radius 3 is 2.21 bits per heavy atom. The molecule has 1 saturated carbocycles. The van der Waals surface area contributed by atoms with E-state index in [1.54, 1.807) is 0 Å². The Bertz CT molecular complexity index is 1000. The van der Waals surface area contributed by atoms with Crippen LogP contribution in [-0.2, 0) is 14.3 Å². The number of alkyl carbamates (subject to hydrolysis) is 1. The van der Waals surface area contributed by atoms with Gasteiger partial charge in [-0.05, 0) is 41.5 Å². The van der Waals surface area contributed by atoms with E-state index in [-0.39, 0.29) is 24.9 Å². The molecule has 0 aromatic heterocycles. The predicted molar refractivity (Wildman–Crippen MR) is 124 cm³/mol. The summed E-state index contributed by atoms with van der Waals surface area (Å²) in [5.41, 5.74) is 3.86. The molecular formula is C26H30N2O5. The number of aliphatic carboxylic acids is 1. The first kappa shape index (κ1) is 22.8. The lowest BCUT2D eigenvalue weighted by molar-refractivity contribution is -0.138. The van der Waals surface area contributed by atoms with Crippen molar-refractivity contribution in [2.75, 3.05) is 6.61 Å². The number of carbonyl (C=O) groups excluding carboxylic acids is 2. The zero-order valence-electron chi connectivity index (χ0n) is 18.8. The average Bonchev–Trinajstić information content (AvgIpc) is 3.46. The second-order valence-corrected chi connectivity index (χ2v) is 9.00. The number of hydrogen-bond donors (Lipinski definition) is 3. The molecule has 7 nitrogen and oxygen atoms in total. The molecule has 1 unspecified atom stereocenters. The quantitative estimate of drug-likeness (QED) is 0.503. The van der Waals surface area contributed by atoms with Crippen molar-refractivity contribution in [3.8, 4) is 11.1 Å². The summed E-state index contributed by atoms with van der Waals surface area (Å²) in [7, 11) is 0. The van der Waals surface area contributed by atoms with E-state index < -0.39 is 23.6 Å². The summed E-state index contributed by atoms with van der Waals surface area (Å²) in [4.78, 5) is 36.6. The van der Waals surface area contributed by atoms with Gasteiger partial charge in [0.15, 0.2) is 0 Å². The zero-order chi connectivity index (χ0) is 23.4. The highest BCUT2D eigenvalue weighted by atomic mass is 16.5. The SMILES string of the molecule is CCCCC(NC(=O)OCC1c2ccccc2-c2ccccc21)C(=O)NC1(CC(=O)O)CC1. The largest absolute Gasteiger partial charge is 0.481 e. The van der Waals surface area contributed by atoms with Crippen LogP contribution in [0.5, 0.6) is 0 Å². The van der Waals surface area contributed by atoms with Crippen LogP contribution in [-0.4, -0.2) is 41.3 Å². The van der Waals surface area contributed by atoms with Crippen LogP contribution in [0.15, 0.2) is 48.5 Å². The first-order valence-electron chi connectivity index (χ1n) is 11.6. The van der Waals surface area contributed by atoms with E-state index in [9.17, 15) is 14.4 Å². The van der Waals surface area contributed by atoms with Crippen LogP contribution in [0.1, 0.15) is 62.5 Å². The number of carbonyl (C=O) groups is 3. The number of hydrogen-bond acceptors (Lipinski definition) is 4. The second-order valence-electron chi connectivity index (χ2n) is 9.00. The van der Waals surface area contributed by atoms with E-state index >= 15 is 0 Å². The zero-order valence-corrected chi connectivity index (χ0v) is 18.8. The molecule has 2 aliphatic carbocycles. The maximum absolute atomic E-state index is 12.8. The van der Waals surface area contributed by atoms with Gasteiger partial charge in [0.25, 0.3) is 0 Å². The van der Waals surface area contributed by atoms with Gasteiger partial charge in [0.1, 0.15) is 12.6 Å². The molecule has 174 valence electrons. The van der Waals surface area contributed by atoms with Gasteiger partial charge >= 0.3 is 12.1 Å². The Labute approximate surface area is 193 Å². The molecule has 2 aromatic rings. The fourth-order valence-corrected chi connectivity index (χ4v) is 4.59. The fourth-order valence-electron chi connectivity index (χ4n) is 4.59. The molecule has 2 amide bonds. The summed E-state index contributed by atoms with van der Waals surface area (Å²) in [6, 6.07) is 15.5. The lowest BCUT2D eigenvalue weighted by atomic mass is 9.98. The molecule has 4 rings (SSSR count). The standard InChI is InChI=1S/C26H30N2O5/c1-2-3-12-22(24(31)28-26(13-14-26)15-23(29)30)27-25(32)33-16-21-19-10-6-4-8-17(19)18-9-5-7-11-20(18)21/h4-11,21-22H,2-3,12-16H2,1H3,(H,27,32)(H,28,31)(H,29,30). The smallest absolute Gasteiger partial charge is 0.407 e. The van der Waals surface area contributed by atoms with Crippen LogP contribution in [0.4, 0.5) is 4.79 Å². The maximum Gasteiger partial charge on any atom is 0.407 e. The Kier molecular flexibility index (Phi) is 6.67. The molecule has 0 saturated heterocycles. The number of benzene rings is 2. The maximum atomic E-state index is 12.8. The summed E-state index contributed by atoms with van der Waals surface area (Å²) < 4.78 is 5.59. The summed E-state index contributed by atoms with van der Waals surface area (Å²) in [5, 5.41) is 14.7. The highest BCUT2D eigenvalue weighted by Gasteiger charge is 2.46. The lowest BCUT2D eigenvalue weighted by Crippen LogP contribution is -2.51. The molecule has 1 atom stereocenters. The second kappa shape index (κ2) is 9.65. The molecule has 0 radical (unpaired) electrons. The summed E-state index contributed by atoms with van der Waals surface area (Å²) in [6.45, 7) is 2.18. The molecule has 2 aliphatic rings. The third kappa shape index (κ3) is 5.18. The average molecular weight is 451 g/mol. The third-order valence-corrected chi connectivity index (χ3v) is 6.53. The van der Waals surface area contributed by atoms with Gasteiger partial charge in [0.2, 0.25) is 5.91 Å². The number of nitrogens with one attached hydrogen (secondary N) is 2. The van der Waals surface area contributed by atoms with Gasteiger partial charge in [-0.25, -0.2) is 4.79 Å². The Morgan fingerprint density at radius 1 is 1.06 bits per heavy atom. The molecular weight excluding hydrogens is 420 g/mol. The summed E-state index contributed by atoms with van der Waals surface area (Å²) >= 11 is 0. The highest BCUT2D eigenvalue weighted by Crippen LogP contribution is 2.44. The van der Waals surface area contributed by atoms with Crippen LogP contribution >= 0.6 is 0 Å². The van der Waals surface area contributed by atoms with Crippen molar-refractivity contribution in [3.05, 3.63) is 59.7 Å². The fraction of sp³-hybridized carbons (Fsp3) is 0.423. The van der Waals surface area contributed by atoms with Crippen molar-refractivity contribution >= 4 is 18.0 Å². The lowest BCUT2D eigenvalue weighted by Gasteiger charge is -2.22. The van der Waals surface area contributed by atoms with Gasteiger partial charge < -0.3 is 20.5 Å². The van der Waals surface area contributed by atoms with Gasteiger partial charge in [0, 0.05) is 5.92 Å². The number of amides is 2. The molecule has 3 N–H and O–H groups in total. The van der Waals surface area contributed by atoms with Gasteiger partial charge in [0.05, 0.1) is 12.0 Å². The minimum atomic E-state index is -0.942. The number of unbranched alkanes of at least 4 members (excludes halogenated alkanes) is 1. The predicted octanol–water partition coefficient (Wildman–Crippen LogP) is 4.21. The highest BCUT2D eigenvalue weighted by molar-refractivity contribution is 5.87. The molecule has 0 spiro atoms. The molecule has 7 heteroatoms. The van der Waals surface area contributed by atoms with Crippen LogP contribution in [0.3, 0.4) is 0 Å². The van der Waals surface area contributed by atoms with E-state index in [4.69, 9.17) is 9.84 Å². The third-order valence-electron chi connectivity index (χ3n) is 6.53. The molecule has 0 aliphatic heterocycles. The van der Waals surface area contributed by atoms with Crippen LogP contribution < -0.4 is 10.6 Å². The van der Waals surface area contributed by atoms with E-state index in [0.717, 1.165) is 35.1 Å². The summed E-state index contributed by atoms with van der Waals surface area (Å²) in [5.74, 6) is -1.35. The first-order valence-corrected chi connectivity index (χ1v) is 11.6. The van der Waals surface area contributed by atoms with E-state index in [1.165, 1.54) is 0 Å². The molecule has 0 bridgehead atoms. The number of carboxylic acid groups (broad SMARTS) is 1. The first-order chi connectivity index (χ1) is 15.9. The molecule has 33 heavy (non-hydrogen) atoms. The van der Waals surface area contributed by atoms with Crippen LogP contribution in [0.25, 0.3) is 11.1 Å². The number of ether oxygens (including phenoxy) is 1. The minimum absolute atomic E-state index is 0.0589. The molecule has 1 fully saturated rings. The van der Waals surface area contributed by atoms with Gasteiger partial charge in [-0.15, -0.1) is 0 Å². The van der Waals surface area contributed by atoms with Crippen LogP contribution in [0, 0.1) is 0 Å². The topological polar surface area (TPSA) is 105 Å². The normalized spacial score (nSPS) is 16.3. The van der Waals surface area contributed by atoms with Crippen molar-refractivity contribution in [3.63, 3.8) is 0 Å². The van der Waals surface area contributed by atoms with Crippen molar-refractivity contribution in [2.24, 2.45) is 0 Å². The van der Waals surface area contributed by atoms with E-state index in [2.05, 4.69) is 34.9 Å². The monoisotopic (exact) mass is 450 g/mol.